The fourth-order valence-corrected chi connectivity index (χ4v) is 5.10. The Balaban J connectivity index is 1.55. The number of rotatable bonds is 5. The SMILES string of the molecule is O=C(N[C@@H]1c2cccc(O)c2CC[C@@H]1c1ccccc1)C(c1ccccc1)c1ccccc1. The number of benzene rings is 4. The first-order valence-electron chi connectivity index (χ1n) is 11.5. The second-order valence-electron chi connectivity index (χ2n) is 8.64. The zero-order valence-corrected chi connectivity index (χ0v) is 18.4. The van der Waals surface area contributed by atoms with Gasteiger partial charge in [0.15, 0.2) is 0 Å². The molecule has 33 heavy (non-hydrogen) atoms. The summed E-state index contributed by atoms with van der Waals surface area (Å²) >= 11 is 0. The van der Waals surface area contributed by atoms with Crippen LogP contribution in [0.25, 0.3) is 0 Å². The molecule has 0 spiro atoms. The molecule has 4 aromatic carbocycles. The molecular weight excluding hydrogens is 406 g/mol. The topological polar surface area (TPSA) is 49.3 Å². The molecule has 0 aromatic heterocycles. The molecule has 0 radical (unpaired) electrons. The average Bonchev–Trinajstić information content (AvgIpc) is 2.87. The smallest absolute Gasteiger partial charge is 0.232 e. The summed E-state index contributed by atoms with van der Waals surface area (Å²) in [6.45, 7) is 0. The van der Waals surface area contributed by atoms with Crippen molar-refractivity contribution in [2.75, 3.05) is 0 Å². The van der Waals surface area contributed by atoms with Crippen LogP contribution >= 0.6 is 0 Å². The number of carbonyl (C=O) groups excluding carboxylic acids is 1. The van der Waals surface area contributed by atoms with Crippen molar-refractivity contribution in [2.45, 2.75) is 30.7 Å². The van der Waals surface area contributed by atoms with E-state index in [-0.39, 0.29) is 17.9 Å². The summed E-state index contributed by atoms with van der Waals surface area (Å²) in [5, 5.41) is 13.9. The van der Waals surface area contributed by atoms with Crippen LogP contribution < -0.4 is 5.32 Å². The molecule has 1 aliphatic rings. The first-order chi connectivity index (χ1) is 16.2. The molecule has 0 unspecified atom stereocenters. The third-order valence-corrected chi connectivity index (χ3v) is 6.68. The molecule has 0 aliphatic heterocycles. The number of fused-ring (bicyclic) bond motifs is 1. The minimum atomic E-state index is -0.411. The fourth-order valence-electron chi connectivity index (χ4n) is 5.10. The predicted octanol–water partition coefficient (Wildman–Crippen LogP) is 6.11. The van der Waals surface area contributed by atoms with Gasteiger partial charge in [-0.15, -0.1) is 0 Å². The number of carbonyl (C=O) groups is 1. The van der Waals surface area contributed by atoms with Crippen LogP contribution in [0.15, 0.2) is 109 Å². The van der Waals surface area contributed by atoms with Gasteiger partial charge in [-0.1, -0.05) is 103 Å². The van der Waals surface area contributed by atoms with Crippen molar-refractivity contribution in [3.8, 4) is 5.75 Å². The zero-order chi connectivity index (χ0) is 22.6. The summed E-state index contributed by atoms with van der Waals surface area (Å²) in [7, 11) is 0. The van der Waals surface area contributed by atoms with Crippen molar-refractivity contribution >= 4 is 5.91 Å². The van der Waals surface area contributed by atoms with Gasteiger partial charge in [-0.05, 0) is 46.7 Å². The molecule has 2 atom stereocenters. The predicted molar refractivity (Wildman–Crippen MR) is 131 cm³/mol. The van der Waals surface area contributed by atoms with Gasteiger partial charge in [-0.3, -0.25) is 4.79 Å². The summed E-state index contributed by atoms with van der Waals surface area (Å²) in [6.07, 6.45) is 1.65. The quantitative estimate of drug-likeness (QED) is 0.399. The molecule has 1 amide bonds. The summed E-state index contributed by atoms with van der Waals surface area (Å²) < 4.78 is 0. The summed E-state index contributed by atoms with van der Waals surface area (Å²) in [5.74, 6) is -0.00129. The number of hydrogen-bond donors (Lipinski definition) is 2. The normalized spacial score (nSPS) is 17.4. The van der Waals surface area contributed by atoms with Gasteiger partial charge in [-0.25, -0.2) is 0 Å². The maximum Gasteiger partial charge on any atom is 0.232 e. The molecule has 5 rings (SSSR count). The van der Waals surface area contributed by atoms with Crippen LogP contribution in [0.4, 0.5) is 0 Å². The Labute approximate surface area is 194 Å². The van der Waals surface area contributed by atoms with Crippen molar-refractivity contribution in [1.82, 2.24) is 5.32 Å². The van der Waals surface area contributed by atoms with E-state index in [9.17, 15) is 9.90 Å². The van der Waals surface area contributed by atoms with Crippen molar-refractivity contribution in [3.05, 3.63) is 137 Å². The lowest BCUT2D eigenvalue weighted by Crippen LogP contribution is -2.38. The summed E-state index contributed by atoms with van der Waals surface area (Å²) in [4.78, 5) is 13.9. The van der Waals surface area contributed by atoms with E-state index in [1.165, 1.54) is 5.56 Å². The van der Waals surface area contributed by atoms with E-state index < -0.39 is 5.92 Å². The second kappa shape index (κ2) is 9.33. The first-order valence-corrected chi connectivity index (χ1v) is 11.5. The highest BCUT2D eigenvalue weighted by Gasteiger charge is 2.35. The molecule has 164 valence electrons. The molecule has 1 aliphatic carbocycles. The van der Waals surface area contributed by atoms with Gasteiger partial charge < -0.3 is 10.4 Å². The van der Waals surface area contributed by atoms with Crippen LogP contribution in [0.5, 0.6) is 5.75 Å². The average molecular weight is 434 g/mol. The largest absolute Gasteiger partial charge is 0.508 e. The van der Waals surface area contributed by atoms with Gasteiger partial charge in [0.1, 0.15) is 5.75 Å². The number of aromatic hydroxyl groups is 1. The molecular formula is C30H27NO2. The van der Waals surface area contributed by atoms with Crippen LogP contribution in [0, 0.1) is 0 Å². The highest BCUT2D eigenvalue weighted by atomic mass is 16.3. The third kappa shape index (κ3) is 4.27. The van der Waals surface area contributed by atoms with Crippen molar-refractivity contribution < 1.29 is 9.90 Å². The van der Waals surface area contributed by atoms with Crippen LogP contribution in [-0.2, 0) is 11.2 Å². The van der Waals surface area contributed by atoms with E-state index in [0.29, 0.717) is 5.75 Å². The Hall–Kier alpha value is -3.85. The van der Waals surface area contributed by atoms with Crippen LogP contribution in [0.2, 0.25) is 0 Å². The first kappa shape index (κ1) is 21.0. The Kier molecular flexibility index (Phi) is 5.95. The van der Waals surface area contributed by atoms with Crippen LogP contribution in [-0.4, -0.2) is 11.0 Å². The minimum Gasteiger partial charge on any atom is -0.508 e. The molecule has 0 bridgehead atoms. The molecule has 3 nitrogen and oxygen atoms in total. The van der Waals surface area contributed by atoms with E-state index in [4.69, 9.17) is 0 Å². The molecule has 3 heteroatoms. The van der Waals surface area contributed by atoms with Crippen molar-refractivity contribution in [1.29, 1.82) is 0 Å². The highest BCUT2D eigenvalue weighted by Crippen LogP contribution is 2.44. The molecule has 0 fully saturated rings. The number of hydrogen-bond acceptors (Lipinski definition) is 2. The maximum atomic E-state index is 13.9. The Morgan fingerprint density at radius 2 is 1.33 bits per heavy atom. The third-order valence-electron chi connectivity index (χ3n) is 6.68. The fraction of sp³-hybridized carbons (Fsp3) is 0.167. The Morgan fingerprint density at radius 1 is 0.758 bits per heavy atom. The van der Waals surface area contributed by atoms with E-state index in [1.54, 1.807) is 6.07 Å². The standard InChI is InChI=1S/C30H27NO2/c32-27-18-10-17-26-25(27)20-19-24(21-11-4-1-5-12-21)29(26)31-30(33)28(22-13-6-2-7-14-22)23-15-8-3-9-16-23/h1-18,24,28-29,32H,19-20H2,(H,31,33)/t24-,29+/m1/s1. The maximum absolute atomic E-state index is 13.9. The second-order valence-corrected chi connectivity index (χ2v) is 8.64. The number of phenolic OH excluding ortho intramolecular Hbond substituents is 1. The number of amides is 1. The van der Waals surface area contributed by atoms with Crippen LogP contribution in [0.1, 0.15) is 52.1 Å². The molecule has 0 heterocycles. The highest BCUT2D eigenvalue weighted by molar-refractivity contribution is 5.87. The summed E-state index contributed by atoms with van der Waals surface area (Å²) in [6, 6.07) is 35.6. The van der Waals surface area contributed by atoms with Crippen molar-refractivity contribution in [3.63, 3.8) is 0 Å². The van der Waals surface area contributed by atoms with Gasteiger partial charge in [0.25, 0.3) is 0 Å². The molecule has 4 aromatic rings. The zero-order valence-electron chi connectivity index (χ0n) is 18.4. The van der Waals surface area contributed by atoms with Crippen molar-refractivity contribution in [2.24, 2.45) is 0 Å². The van der Waals surface area contributed by atoms with E-state index >= 15 is 0 Å². The molecule has 0 saturated carbocycles. The summed E-state index contributed by atoms with van der Waals surface area (Å²) in [5.41, 5.74) is 5.07. The van der Waals surface area contributed by atoms with Gasteiger partial charge >= 0.3 is 0 Å². The lowest BCUT2D eigenvalue weighted by molar-refractivity contribution is -0.122. The monoisotopic (exact) mass is 433 g/mol. The minimum absolute atomic E-state index is 0.0328. The van der Waals surface area contributed by atoms with E-state index in [2.05, 4.69) is 17.4 Å². The molecule has 0 saturated heterocycles. The number of nitrogens with one attached hydrogen (secondary N) is 1. The molecule has 2 N–H and O–H groups in total. The van der Waals surface area contributed by atoms with Gasteiger partial charge in [0.05, 0.1) is 12.0 Å². The van der Waals surface area contributed by atoms with Gasteiger partial charge in [0.2, 0.25) is 5.91 Å². The van der Waals surface area contributed by atoms with Crippen LogP contribution in [0.3, 0.4) is 0 Å². The lowest BCUT2D eigenvalue weighted by atomic mass is 9.75. The Morgan fingerprint density at radius 3 is 1.94 bits per heavy atom. The van der Waals surface area contributed by atoms with E-state index in [1.807, 2.05) is 91.0 Å². The van der Waals surface area contributed by atoms with Gasteiger partial charge in [0, 0.05) is 5.92 Å². The number of phenols is 1. The lowest BCUT2D eigenvalue weighted by Gasteiger charge is -2.36. The Bertz CT molecular complexity index is 1180. The van der Waals surface area contributed by atoms with E-state index in [0.717, 1.165) is 35.1 Å². The van der Waals surface area contributed by atoms with Gasteiger partial charge in [-0.2, -0.15) is 0 Å².